The minimum absolute atomic E-state index is 0.315. The average Bonchev–Trinajstić information content (AvgIpc) is 2.12. The lowest BCUT2D eigenvalue weighted by molar-refractivity contribution is 0.501. The van der Waals surface area contributed by atoms with Crippen LogP contribution in [0.2, 0.25) is 0 Å². The molecule has 0 radical (unpaired) electrons. The summed E-state index contributed by atoms with van der Waals surface area (Å²) >= 11 is 2.21. The zero-order valence-electron chi connectivity index (χ0n) is 4.34. The first kappa shape index (κ1) is 6.00. The number of rotatable bonds is 1. The topological polar surface area (TPSA) is 38.9 Å². The summed E-state index contributed by atoms with van der Waals surface area (Å²) < 4.78 is 5.18. The van der Waals surface area contributed by atoms with Crippen LogP contribution in [-0.2, 0) is 0 Å². The number of nitrogens with zero attached hydrogens (tertiary/aromatic N) is 2. The molecule has 0 fully saturated rings. The average molecular weight is 224 g/mol. The van der Waals surface area contributed by atoms with Gasteiger partial charge in [0, 0.05) is 0 Å². The lowest BCUT2D eigenvalue weighted by Gasteiger charge is -1.89. The van der Waals surface area contributed by atoms with Crippen LogP contribution < -0.4 is 0 Å². The molecule has 0 aliphatic carbocycles. The van der Waals surface area contributed by atoms with Gasteiger partial charge >= 0.3 is 0 Å². The van der Waals surface area contributed by atoms with Crippen molar-refractivity contribution < 1.29 is 4.42 Å². The van der Waals surface area contributed by atoms with Gasteiger partial charge in [-0.05, 0) is 6.92 Å². The number of alkyl halides is 1. The van der Waals surface area contributed by atoms with Crippen LogP contribution in [0.5, 0.6) is 0 Å². The second-order valence-electron chi connectivity index (χ2n) is 1.39. The van der Waals surface area contributed by atoms with E-state index in [1.165, 1.54) is 6.39 Å². The van der Waals surface area contributed by atoms with Crippen LogP contribution in [0.15, 0.2) is 10.8 Å². The van der Waals surface area contributed by atoms with E-state index in [2.05, 4.69) is 32.8 Å². The zero-order chi connectivity index (χ0) is 5.98. The van der Waals surface area contributed by atoms with Crippen molar-refractivity contribution in [2.75, 3.05) is 0 Å². The maximum Gasteiger partial charge on any atom is 0.228 e. The van der Waals surface area contributed by atoms with Crippen molar-refractivity contribution in [1.82, 2.24) is 10.2 Å². The maximum atomic E-state index is 4.87. The standard InChI is InChI=1S/C4H5IN2O/c1-3(5)4-7-6-2-8-4/h2-3H,1H3. The van der Waals surface area contributed by atoms with E-state index in [-0.39, 0.29) is 0 Å². The number of hydrogen-bond acceptors (Lipinski definition) is 3. The Bertz CT molecular complexity index is 149. The summed E-state index contributed by atoms with van der Waals surface area (Å²) in [5, 5.41) is 7.21. The number of halogens is 1. The van der Waals surface area contributed by atoms with Crippen LogP contribution in [0.4, 0.5) is 0 Å². The van der Waals surface area contributed by atoms with Crippen LogP contribution in [0.1, 0.15) is 16.7 Å². The highest BCUT2D eigenvalue weighted by molar-refractivity contribution is 14.1. The zero-order valence-corrected chi connectivity index (χ0v) is 6.49. The summed E-state index contributed by atoms with van der Waals surface area (Å²) in [6, 6.07) is 0. The van der Waals surface area contributed by atoms with Gasteiger partial charge < -0.3 is 4.42 Å². The van der Waals surface area contributed by atoms with Crippen molar-refractivity contribution in [3.63, 3.8) is 0 Å². The molecule has 0 saturated carbocycles. The molecule has 1 heterocycles. The SMILES string of the molecule is CC(I)c1nnco1. The maximum absolute atomic E-state index is 4.87. The molecule has 0 N–H and O–H groups in total. The third kappa shape index (κ3) is 1.18. The Morgan fingerprint density at radius 2 is 2.62 bits per heavy atom. The molecular formula is C4H5IN2O. The molecule has 0 aliphatic rings. The molecule has 1 atom stereocenters. The predicted molar refractivity (Wildman–Crippen MR) is 36.7 cm³/mol. The van der Waals surface area contributed by atoms with E-state index in [1.54, 1.807) is 0 Å². The Morgan fingerprint density at radius 3 is 2.88 bits per heavy atom. The lowest BCUT2D eigenvalue weighted by Crippen LogP contribution is -1.81. The predicted octanol–water partition coefficient (Wildman–Crippen LogP) is 1.57. The summed E-state index contributed by atoms with van der Waals surface area (Å²) in [5.41, 5.74) is 0. The van der Waals surface area contributed by atoms with Crippen LogP contribution in [-0.4, -0.2) is 10.2 Å². The van der Waals surface area contributed by atoms with Crippen molar-refractivity contribution >= 4 is 22.6 Å². The Labute approximate surface area is 60.6 Å². The summed E-state index contributed by atoms with van der Waals surface area (Å²) in [7, 11) is 0. The number of aromatic nitrogens is 2. The third-order valence-corrected chi connectivity index (χ3v) is 1.25. The van der Waals surface area contributed by atoms with Crippen molar-refractivity contribution in [2.45, 2.75) is 10.8 Å². The van der Waals surface area contributed by atoms with Crippen LogP contribution in [0, 0.1) is 0 Å². The molecule has 0 aliphatic heterocycles. The monoisotopic (exact) mass is 224 g/mol. The molecule has 8 heavy (non-hydrogen) atoms. The minimum atomic E-state index is 0.315. The van der Waals surface area contributed by atoms with E-state index in [0.717, 1.165) is 0 Å². The molecule has 1 rings (SSSR count). The van der Waals surface area contributed by atoms with E-state index in [4.69, 9.17) is 4.42 Å². The molecule has 4 heteroatoms. The van der Waals surface area contributed by atoms with Crippen molar-refractivity contribution in [3.05, 3.63) is 12.3 Å². The summed E-state index contributed by atoms with van der Waals surface area (Å²) in [6.45, 7) is 1.99. The van der Waals surface area contributed by atoms with Gasteiger partial charge in [0.15, 0.2) is 0 Å². The van der Waals surface area contributed by atoms with Crippen LogP contribution in [0.3, 0.4) is 0 Å². The largest absolute Gasteiger partial charge is 0.427 e. The van der Waals surface area contributed by atoms with Gasteiger partial charge in [0.1, 0.15) is 0 Å². The molecule has 1 unspecified atom stereocenters. The highest BCUT2D eigenvalue weighted by Gasteiger charge is 2.03. The van der Waals surface area contributed by atoms with Crippen molar-refractivity contribution in [3.8, 4) is 0 Å². The molecule has 0 spiro atoms. The quantitative estimate of drug-likeness (QED) is 0.536. The Kier molecular flexibility index (Phi) is 1.82. The first-order valence-corrected chi connectivity index (χ1v) is 3.45. The second-order valence-corrected chi connectivity index (χ2v) is 3.26. The first-order valence-electron chi connectivity index (χ1n) is 2.21. The summed E-state index contributed by atoms with van der Waals surface area (Å²) in [6.07, 6.45) is 1.34. The fraction of sp³-hybridized carbons (Fsp3) is 0.500. The van der Waals surface area contributed by atoms with E-state index >= 15 is 0 Å². The Hall–Kier alpha value is -0.130. The van der Waals surface area contributed by atoms with Gasteiger partial charge in [0.25, 0.3) is 0 Å². The van der Waals surface area contributed by atoms with E-state index in [9.17, 15) is 0 Å². The summed E-state index contributed by atoms with van der Waals surface area (Å²) in [5.74, 6) is 0.686. The highest BCUT2D eigenvalue weighted by atomic mass is 127. The molecule has 0 saturated heterocycles. The first-order chi connectivity index (χ1) is 3.80. The molecule has 0 bridgehead atoms. The highest BCUT2D eigenvalue weighted by Crippen LogP contribution is 2.18. The summed E-state index contributed by atoms with van der Waals surface area (Å²) in [4.78, 5) is 0. The van der Waals surface area contributed by atoms with Crippen molar-refractivity contribution in [2.24, 2.45) is 0 Å². The minimum Gasteiger partial charge on any atom is -0.427 e. The van der Waals surface area contributed by atoms with Gasteiger partial charge in [0.05, 0.1) is 3.92 Å². The van der Waals surface area contributed by atoms with Gasteiger partial charge in [-0.25, -0.2) is 0 Å². The molecule has 44 valence electrons. The molecular weight excluding hydrogens is 219 g/mol. The molecule has 0 amide bonds. The lowest BCUT2D eigenvalue weighted by atomic mass is 10.5. The van der Waals surface area contributed by atoms with Crippen LogP contribution >= 0.6 is 22.6 Å². The van der Waals surface area contributed by atoms with Gasteiger partial charge in [-0.15, -0.1) is 10.2 Å². The van der Waals surface area contributed by atoms with Crippen molar-refractivity contribution in [1.29, 1.82) is 0 Å². The van der Waals surface area contributed by atoms with Crippen LogP contribution in [0.25, 0.3) is 0 Å². The molecule has 3 nitrogen and oxygen atoms in total. The normalized spacial score (nSPS) is 13.8. The Morgan fingerprint density at radius 1 is 1.88 bits per heavy atom. The van der Waals surface area contributed by atoms with E-state index < -0.39 is 0 Å². The fourth-order valence-corrected chi connectivity index (χ4v) is 0.626. The van der Waals surface area contributed by atoms with Gasteiger partial charge in [-0.1, -0.05) is 22.6 Å². The smallest absolute Gasteiger partial charge is 0.228 e. The second kappa shape index (κ2) is 2.43. The van der Waals surface area contributed by atoms with Gasteiger partial charge in [-0.2, -0.15) is 0 Å². The van der Waals surface area contributed by atoms with E-state index in [1.807, 2.05) is 6.92 Å². The number of hydrogen-bond donors (Lipinski definition) is 0. The van der Waals surface area contributed by atoms with Gasteiger partial charge in [-0.3, -0.25) is 0 Å². The van der Waals surface area contributed by atoms with Gasteiger partial charge in [0.2, 0.25) is 12.3 Å². The van der Waals surface area contributed by atoms with E-state index in [0.29, 0.717) is 9.82 Å². The fourth-order valence-electron chi connectivity index (χ4n) is 0.355. The third-order valence-electron chi connectivity index (χ3n) is 0.717. The molecule has 0 aromatic carbocycles. The molecule has 1 aromatic rings. The Balaban J connectivity index is 2.77. The molecule has 1 aromatic heterocycles.